The quantitative estimate of drug-likeness (QED) is 0.614. The molecular weight excluding hydrogens is 164 g/mol. The van der Waals surface area contributed by atoms with Crippen LogP contribution in [0.3, 0.4) is 0 Å². The van der Waals surface area contributed by atoms with Gasteiger partial charge in [-0.15, -0.1) is 0 Å². The first kappa shape index (κ1) is 9.44. The number of hydrogen-bond donors (Lipinski definition) is 1. The predicted octanol–water partition coefficient (Wildman–Crippen LogP) is -0.497. The fourth-order valence-corrected chi connectivity index (χ4v) is 0.962. The van der Waals surface area contributed by atoms with Gasteiger partial charge in [0.05, 0.1) is 26.4 Å². The third-order valence-electron chi connectivity index (χ3n) is 1.82. The molecule has 0 bridgehead atoms. The summed E-state index contributed by atoms with van der Waals surface area (Å²) in [6, 6.07) is 0. The Balaban J connectivity index is 2.68. The maximum atomic E-state index is 10.8. The third kappa shape index (κ3) is 1.74. The second-order valence-electron chi connectivity index (χ2n) is 2.61. The third-order valence-corrected chi connectivity index (χ3v) is 1.82. The molecule has 1 N–H and O–H groups in total. The van der Waals surface area contributed by atoms with Gasteiger partial charge in [-0.2, -0.15) is 0 Å². The summed E-state index contributed by atoms with van der Waals surface area (Å²) in [4.78, 5) is 10.8. The van der Waals surface area contributed by atoms with Crippen molar-refractivity contribution >= 4 is 5.97 Å². The predicted molar refractivity (Wildman–Crippen MR) is 39.0 cm³/mol. The van der Waals surface area contributed by atoms with Crippen LogP contribution in [0.1, 0.15) is 0 Å². The molecule has 0 aliphatic carbocycles. The van der Waals surface area contributed by atoms with Crippen LogP contribution in [0.2, 0.25) is 0 Å². The van der Waals surface area contributed by atoms with Crippen LogP contribution in [0.25, 0.3) is 0 Å². The minimum Gasteiger partial charge on any atom is -0.479 e. The van der Waals surface area contributed by atoms with Gasteiger partial charge in [0.25, 0.3) is 0 Å². The van der Waals surface area contributed by atoms with Gasteiger partial charge in [-0.1, -0.05) is 0 Å². The molecule has 5 nitrogen and oxygen atoms in total. The van der Waals surface area contributed by atoms with Crippen molar-refractivity contribution in [3.05, 3.63) is 0 Å². The van der Waals surface area contributed by atoms with E-state index in [0.717, 1.165) is 0 Å². The number of carboxylic acids is 1. The maximum absolute atomic E-state index is 10.8. The molecule has 0 aromatic carbocycles. The van der Waals surface area contributed by atoms with Crippen LogP contribution < -0.4 is 0 Å². The lowest BCUT2D eigenvalue weighted by atomic mass is 10.1. The minimum atomic E-state index is -1.32. The Hall–Kier alpha value is -0.650. The first-order chi connectivity index (χ1) is 5.71. The van der Waals surface area contributed by atoms with E-state index in [1.165, 1.54) is 7.11 Å². The Morgan fingerprint density at radius 1 is 1.42 bits per heavy atom. The van der Waals surface area contributed by atoms with Gasteiger partial charge in [-0.05, 0) is 0 Å². The van der Waals surface area contributed by atoms with E-state index >= 15 is 0 Å². The Labute approximate surface area is 70.2 Å². The molecule has 12 heavy (non-hydrogen) atoms. The molecular formula is C7H12O5. The summed E-state index contributed by atoms with van der Waals surface area (Å²) in [7, 11) is 1.34. The highest BCUT2D eigenvalue weighted by molar-refractivity contribution is 5.78. The fourth-order valence-electron chi connectivity index (χ4n) is 0.962. The van der Waals surface area contributed by atoms with Crippen molar-refractivity contribution < 1.29 is 24.1 Å². The van der Waals surface area contributed by atoms with E-state index in [2.05, 4.69) is 0 Å². The van der Waals surface area contributed by atoms with E-state index in [4.69, 9.17) is 19.3 Å². The summed E-state index contributed by atoms with van der Waals surface area (Å²) in [6.07, 6.45) is 0. The standard InChI is InChI=1S/C7H12O5/c1-10-7(6(8)9)4-11-2-3-12-5-7/h2-5H2,1H3,(H,8,9). The lowest BCUT2D eigenvalue weighted by Crippen LogP contribution is -2.48. The van der Waals surface area contributed by atoms with Crippen molar-refractivity contribution in [2.45, 2.75) is 5.60 Å². The van der Waals surface area contributed by atoms with Crippen molar-refractivity contribution in [1.29, 1.82) is 0 Å². The zero-order valence-electron chi connectivity index (χ0n) is 6.91. The van der Waals surface area contributed by atoms with Gasteiger partial charge in [0.1, 0.15) is 0 Å². The summed E-state index contributed by atoms with van der Waals surface area (Å²) in [5, 5.41) is 8.83. The maximum Gasteiger partial charge on any atom is 0.340 e. The summed E-state index contributed by atoms with van der Waals surface area (Å²) in [5.74, 6) is -1.05. The van der Waals surface area contributed by atoms with Crippen molar-refractivity contribution in [3.63, 3.8) is 0 Å². The van der Waals surface area contributed by atoms with E-state index in [-0.39, 0.29) is 13.2 Å². The van der Waals surface area contributed by atoms with Crippen LogP contribution in [-0.2, 0) is 19.0 Å². The number of carboxylic acid groups (broad SMARTS) is 1. The van der Waals surface area contributed by atoms with Gasteiger partial charge in [-0.25, -0.2) is 4.79 Å². The Kier molecular flexibility index (Phi) is 3.02. The van der Waals surface area contributed by atoms with Gasteiger partial charge >= 0.3 is 5.97 Å². The van der Waals surface area contributed by atoms with Gasteiger partial charge in [0, 0.05) is 7.11 Å². The zero-order chi connectivity index (χ0) is 9.03. The molecule has 0 saturated carbocycles. The molecule has 0 unspecified atom stereocenters. The molecule has 1 heterocycles. The monoisotopic (exact) mass is 176 g/mol. The van der Waals surface area contributed by atoms with Gasteiger partial charge < -0.3 is 19.3 Å². The van der Waals surface area contributed by atoms with Crippen LogP contribution in [0.5, 0.6) is 0 Å². The molecule has 1 rings (SSSR count). The first-order valence-electron chi connectivity index (χ1n) is 3.65. The van der Waals surface area contributed by atoms with E-state index in [0.29, 0.717) is 13.2 Å². The fraction of sp³-hybridized carbons (Fsp3) is 0.857. The summed E-state index contributed by atoms with van der Waals surface area (Å²) >= 11 is 0. The summed E-state index contributed by atoms with van der Waals surface area (Å²) < 4.78 is 14.9. The average Bonchev–Trinajstić information content (AvgIpc) is 2.29. The number of hydrogen-bond acceptors (Lipinski definition) is 4. The normalized spacial score (nSPS) is 23.1. The molecule has 5 heteroatoms. The molecule has 1 saturated heterocycles. The van der Waals surface area contributed by atoms with Gasteiger partial charge in [-0.3, -0.25) is 0 Å². The van der Waals surface area contributed by atoms with Crippen molar-refractivity contribution in [1.82, 2.24) is 0 Å². The molecule has 0 atom stereocenters. The van der Waals surface area contributed by atoms with E-state index < -0.39 is 11.6 Å². The molecule has 1 aliphatic heterocycles. The molecule has 0 aromatic heterocycles. The molecule has 1 aliphatic rings. The highest BCUT2D eigenvalue weighted by atomic mass is 16.6. The molecule has 1 fully saturated rings. The van der Waals surface area contributed by atoms with Crippen LogP contribution in [-0.4, -0.2) is 50.2 Å². The summed E-state index contributed by atoms with van der Waals surface area (Å²) in [5.41, 5.74) is -1.32. The van der Waals surface area contributed by atoms with E-state index in [1.807, 2.05) is 0 Å². The smallest absolute Gasteiger partial charge is 0.340 e. The van der Waals surface area contributed by atoms with Gasteiger partial charge in [0.2, 0.25) is 5.60 Å². The largest absolute Gasteiger partial charge is 0.479 e. The van der Waals surface area contributed by atoms with Crippen molar-refractivity contribution in [2.75, 3.05) is 33.5 Å². The number of methoxy groups -OCH3 is 1. The number of ether oxygens (including phenoxy) is 3. The first-order valence-corrected chi connectivity index (χ1v) is 3.65. The lowest BCUT2D eigenvalue weighted by Gasteiger charge is -2.24. The molecule has 0 aromatic rings. The van der Waals surface area contributed by atoms with E-state index in [9.17, 15) is 4.79 Å². The molecule has 0 radical (unpaired) electrons. The molecule has 0 spiro atoms. The number of carbonyl (C=O) groups is 1. The Bertz CT molecular complexity index is 159. The van der Waals surface area contributed by atoms with E-state index in [1.54, 1.807) is 0 Å². The van der Waals surface area contributed by atoms with Crippen LogP contribution in [0, 0.1) is 0 Å². The topological polar surface area (TPSA) is 65.0 Å². The van der Waals surface area contributed by atoms with Crippen LogP contribution >= 0.6 is 0 Å². The Morgan fingerprint density at radius 2 is 1.92 bits per heavy atom. The van der Waals surface area contributed by atoms with Crippen LogP contribution in [0.15, 0.2) is 0 Å². The van der Waals surface area contributed by atoms with Crippen molar-refractivity contribution in [2.24, 2.45) is 0 Å². The number of rotatable bonds is 2. The minimum absolute atomic E-state index is 0.0405. The second kappa shape index (κ2) is 3.84. The summed E-state index contributed by atoms with van der Waals surface area (Å²) in [6.45, 7) is 0.911. The van der Waals surface area contributed by atoms with Gasteiger partial charge in [0.15, 0.2) is 0 Å². The lowest BCUT2D eigenvalue weighted by molar-refractivity contribution is -0.172. The number of aliphatic carboxylic acids is 1. The highest BCUT2D eigenvalue weighted by Crippen LogP contribution is 2.14. The zero-order valence-corrected chi connectivity index (χ0v) is 6.91. The SMILES string of the molecule is COC1(C(=O)O)COCCOC1. The Morgan fingerprint density at radius 3 is 2.25 bits per heavy atom. The molecule has 0 amide bonds. The average molecular weight is 176 g/mol. The van der Waals surface area contributed by atoms with Crippen LogP contribution in [0.4, 0.5) is 0 Å². The highest BCUT2D eigenvalue weighted by Gasteiger charge is 2.40. The molecule has 70 valence electrons. The van der Waals surface area contributed by atoms with Crippen molar-refractivity contribution in [3.8, 4) is 0 Å². The second-order valence-corrected chi connectivity index (χ2v) is 2.61.